The summed E-state index contributed by atoms with van der Waals surface area (Å²) in [6.07, 6.45) is 4.27. The number of H-pyrrole nitrogens is 1. The predicted molar refractivity (Wildman–Crippen MR) is 93.4 cm³/mol. The Morgan fingerprint density at radius 1 is 1.52 bits per heavy atom. The highest BCUT2D eigenvalue weighted by Crippen LogP contribution is 2.36. The number of aromatic nitrogens is 2. The number of hydrogen-bond donors (Lipinski definition) is 1. The van der Waals surface area contributed by atoms with Gasteiger partial charge in [-0.05, 0) is 37.2 Å². The lowest BCUT2D eigenvalue weighted by atomic mass is 9.89. The summed E-state index contributed by atoms with van der Waals surface area (Å²) in [6.45, 7) is 2.26. The van der Waals surface area contributed by atoms with Crippen molar-refractivity contribution in [1.82, 2.24) is 9.97 Å². The topological polar surface area (TPSA) is 72.0 Å². The number of aryl methyl sites for hydroxylation is 1. The molecule has 2 aromatic rings. The lowest BCUT2D eigenvalue weighted by molar-refractivity contribution is -0.140. The Morgan fingerprint density at radius 3 is 3.13 bits per heavy atom. The fraction of sp³-hybridized carbons (Fsp3) is 0.562. The molecule has 0 aromatic carbocycles. The number of thioether (sulfide) groups is 1. The van der Waals surface area contributed by atoms with Crippen molar-refractivity contribution in [2.45, 2.75) is 44.2 Å². The number of aromatic amines is 1. The number of rotatable bonds is 5. The monoisotopic (exact) mass is 352 g/mol. The molecule has 0 fully saturated rings. The number of methoxy groups -OCH3 is 1. The molecule has 5 nitrogen and oxygen atoms in total. The van der Waals surface area contributed by atoms with Crippen molar-refractivity contribution in [3.8, 4) is 0 Å². The number of carbonyl (C=O) groups excluding carboxylic acids is 1. The second kappa shape index (κ2) is 7.05. The van der Waals surface area contributed by atoms with Crippen LogP contribution in [0.3, 0.4) is 0 Å². The zero-order valence-corrected chi connectivity index (χ0v) is 14.9. The van der Waals surface area contributed by atoms with Crippen LogP contribution in [-0.2, 0) is 22.4 Å². The van der Waals surface area contributed by atoms with Crippen molar-refractivity contribution in [1.29, 1.82) is 0 Å². The highest BCUT2D eigenvalue weighted by atomic mass is 32.2. The van der Waals surface area contributed by atoms with Crippen LogP contribution in [0, 0.1) is 5.92 Å². The maximum atomic E-state index is 12.4. The van der Waals surface area contributed by atoms with Gasteiger partial charge in [0.1, 0.15) is 4.83 Å². The minimum absolute atomic E-state index is 0.0301. The average Bonchev–Trinajstić information content (AvgIpc) is 2.88. The van der Waals surface area contributed by atoms with Gasteiger partial charge in [-0.15, -0.1) is 11.3 Å². The van der Waals surface area contributed by atoms with Crippen LogP contribution in [0.15, 0.2) is 9.95 Å². The Balaban J connectivity index is 1.76. The quantitative estimate of drug-likeness (QED) is 0.387. The number of nitrogens with one attached hydrogen (secondary N) is 1. The number of esters is 1. The molecule has 2 heterocycles. The number of hydrogen-bond acceptors (Lipinski definition) is 6. The molecule has 3 rings (SSSR count). The third-order valence-electron chi connectivity index (χ3n) is 4.14. The summed E-state index contributed by atoms with van der Waals surface area (Å²) < 4.78 is 4.61. The van der Waals surface area contributed by atoms with Crippen LogP contribution in [0.25, 0.3) is 10.2 Å². The standard InChI is InChI=1S/C16H20N2O3S2/c1-9-5-6-10-11(8-9)23-15-13(10)14(20)17-16(18-15)22-7-3-4-12(19)21-2/h9H,3-8H2,1-2H3,(H,17,18,20). The molecular weight excluding hydrogens is 332 g/mol. The van der Waals surface area contributed by atoms with E-state index in [1.54, 1.807) is 11.3 Å². The average molecular weight is 352 g/mol. The van der Waals surface area contributed by atoms with E-state index < -0.39 is 0 Å². The van der Waals surface area contributed by atoms with Crippen LogP contribution in [0.2, 0.25) is 0 Å². The van der Waals surface area contributed by atoms with Crippen molar-refractivity contribution < 1.29 is 9.53 Å². The number of thiophene rings is 1. The molecule has 1 atom stereocenters. The number of carbonyl (C=O) groups is 1. The van der Waals surface area contributed by atoms with E-state index in [0.29, 0.717) is 23.9 Å². The predicted octanol–water partition coefficient (Wildman–Crippen LogP) is 3.15. The maximum Gasteiger partial charge on any atom is 0.305 e. The van der Waals surface area contributed by atoms with Crippen LogP contribution in [-0.4, -0.2) is 28.8 Å². The summed E-state index contributed by atoms with van der Waals surface area (Å²) in [7, 11) is 1.39. The van der Waals surface area contributed by atoms with Gasteiger partial charge in [-0.25, -0.2) is 4.98 Å². The molecular formula is C16H20N2O3S2. The zero-order valence-electron chi connectivity index (χ0n) is 13.3. The Morgan fingerprint density at radius 2 is 2.35 bits per heavy atom. The van der Waals surface area contributed by atoms with E-state index in [9.17, 15) is 9.59 Å². The van der Waals surface area contributed by atoms with Crippen LogP contribution >= 0.6 is 23.1 Å². The zero-order chi connectivity index (χ0) is 16.4. The number of fused-ring (bicyclic) bond motifs is 3. The highest BCUT2D eigenvalue weighted by molar-refractivity contribution is 7.99. The minimum Gasteiger partial charge on any atom is -0.469 e. The summed E-state index contributed by atoms with van der Waals surface area (Å²) in [5, 5.41) is 1.43. The number of nitrogens with zero attached hydrogens (tertiary/aromatic N) is 1. The van der Waals surface area contributed by atoms with Gasteiger partial charge in [0, 0.05) is 17.1 Å². The first-order valence-electron chi connectivity index (χ1n) is 7.82. The van der Waals surface area contributed by atoms with Crippen LogP contribution in [0.5, 0.6) is 0 Å². The Labute approximate surface area is 142 Å². The lowest BCUT2D eigenvalue weighted by Crippen LogP contribution is -2.13. The van der Waals surface area contributed by atoms with Crippen molar-refractivity contribution in [2.75, 3.05) is 12.9 Å². The Kier molecular flexibility index (Phi) is 5.06. The van der Waals surface area contributed by atoms with Gasteiger partial charge in [0.05, 0.1) is 12.5 Å². The van der Waals surface area contributed by atoms with Gasteiger partial charge in [-0.3, -0.25) is 9.59 Å². The first kappa shape index (κ1) is 16.5. The molecule has 2 aromatic heterocycles. The molecule has 1 aliphatic carbocycles. The molecule has 124 valence electrons. The van der Waals surface area contributed by atoms with E-state index in [0.717, 1.165) is 35.2 Å². The molecule has 0 saturated carbocycles. The van der Waals surface area contributed by atoms with Gasteiger partial charge in [0.15, 0.2) is 5.16 Å². The van der Waals surface area contributed by atoms with E-state index in [1.165, 1.54) is 29.3 Å². The lowest BCUT2D eigenvalue weighted by Gasteiger charge is -2.17. The van der Waals surface area contributed by atoms with Crippen LogP contribution < -0.4 is 5.56 Å². The molecule has 0 spiro atoms. The van der Waals surface area contributed by atoms with Crippen molar-refractivity contribution >= 4 is 39.3 Å². The molecule has 0 bridgehead atoms. The molecule has 0 amide bonds. The van der Waals surface area contributed by atoms with E-state index >= 15 is 0 Å². The Bertz CT molecular complexity index is 781. The fourth-order valence-electron chi connectivity index (χ4n) is 2.88. The highest BCUT2D eigenvalue weighted by Gasteiger charge is 2.23. The normalized spacial score (nSPS) is 17.2. The van der Waals surface area contributed by atoms with E-state index in [4.69, 9.17) is 0 Å². The molecule has 23 heavy (non-hydrogen) atoms. The molecule has 1 N–H and O–H groups in total. The molecule has 1 unspecified atom stereocenters. The SMILES string of the molecule is COC(=O)CCCSc1nc2sc3c(c2c(=O)[nH]1)CCC(C)C3. The van der Waals surface area contributed by atoms with Gasteiger partial charge in [0.25, 0.3) is 5.56 Å². The van der Waals surface area contributed by atoms with Gasteiger partial charge in [-0.2, -0.15) is 0 Å². The third kappa shape index (κ3) is 3.61. The second-order valence-corrected chi connectivity index (χ2v) is 8.10. The molecule has 0 aliphatic heterocycles. The summed E-state index contributed by atoms with van der Waals surface area (Å²) in [4.78, 5) is 33.2. The third-order valence-corrected chi connectivity index (χ3v) is 6.24. The molecule has 0 saturated heterocycles. The maximum absolute atomic E-state index is 12.4. The first-order chi connectivity index (χ1) is 11.1. The van der Waals surface area contributed by atoms with Crippen molar-refractivity contribution in [2.24, 2.45) is 5.92 Å². The van der Waals surface area contributed by atoms with Gasteiger partial charge >= 0.3 is 5.97 Å². The molecule has 7 heteroatoms. The summed E-state index contributed by atoms with van der Waals surface area (Å²) >= 11 is 3.14. The molecule has 0 radical (unpaired) electrons. The fourth-order valence-corrected chi connectivity index (χ4v) is 5.13. The summed E-state index contributed by atoms with van der Waals surface area (Å²) in [6, 6.07) is 0. The van der Waals surface area contributed by atoms with Gasteiger partial charge in [-0.1, -0.05) is 18.7 Å². The van der Waals surface area contributed by atoms with E-state index in [2.05, 4.69) is 21.6 Å². The van der Waals surface area contributed by atoms with E-state index in [-0.39, 0.29) is 11.5 Å². The second-order valence-electron chi connectivity index (χ2n) is 5.93. The van der Waals surface area contributed by atoms with E-state index in [1.807, 2.05) is 0 Å². The smallest absolute Gasteiger partial charge is 0.305 e. The van der Waals surface area contributed by atoms with Gasteiger partial charge < -0.3 is 9.72 Å². The largest absolute Gasteiger partial charge is 0.469 e. The van der Waals surface area contributed by atoms with Gasteiger partial charge in [0.2, 0.25) is 0 Å². The number of ether oxygens (including phenoxy) is 1. The van der Waals surface area contributed by atoms with Crippen LogP contribution in [0.4, 0.5) is 0 Å². The summed E-state index contributed by atoms with van der Waals surface area (Å²) in [5.74, 6) is 1.20. The Hall–Kier alpha value is -1.34. The first-order valence-corrected chi connectivity index (χ1v) is 9.63. The minimum atomic E-state index is -0.206. The van der Waals surface area contributed by atoms with Crippen molar-refractivity contribution in [3.05, 3.63) is 20.8 Å². The van der Waals surface area contributed by atoms with Crippen LogP contribution in [0.1, 0.15) is 36.6 Å². The molecule has 1 aliphatic rings. The van der Waals surface area contributed by atoms with Crippen molar-refractivity contribution in [3.63, 3.8) is 0 Å². The summed E-state index contributed by atoms with van der Waals surface area (Å²) in [5.41, 5.74) is 1.18.